The quantitative estimate of drug-likeness (QED) is 0.504. The second-order valence-corrected chi connectivity index (χ2v) is 6.95. The van der Waals surface area contributed by atoms with E-state index in [9.17, 15) is 9.59 Å². The number of carbonyl (C=O) groups excluding carboxylic acids is 2. The number of benzene rings is 1. The first-order valence-corrected chi connectivity index (χ1v) is 8.96. The molecule has 8 heteroatoms. The summed E-state index contributed by atoms with van der Waals surface area (Å²) >= 11 is 2.16. The highest BCUT2D eigenvalue weighted by molar-refractivity contribution is 14.1. The molecule has 1 saturated heterocycles. The summed E-state index contributed by atoms with van der Waals surface area (Å²) in [4.78, 5) is 24.5. The van der Waals surface area contributed by atoms with Crippen LogP contribution in [0.25, 0.3) is 0 Å². The molecule has 0 radical (unpaired) electrons. The van der Waals surface area contributed by atoms with Crippen LogP contribution >= 0.6 is 22.6 Å². The average Bonchev–Trinajstić information content (AvgIpc) is 3.09. The minimum Gasteiger partial charge on any atom is -0.456 e. The number of halogens is 1. The van der Waals surface area contributed by atoms with Gasteiger partial charge in [0.1, 0.15) is 25.1 Å². The predicted octanol–water partition coefficient (Wildman–Crippen LogP) is 0.997. The molecule has 3 rings (SSSR count). The fraction of sp³-hybridized carbons (Fsp3) is 0.412. The number of fused-ring (bicyclic) bond motifs is 1. The molecule has 1 aliphatic carbocycles. The Bertz CT molecular complexity index is 674. The Kier molecular flexibility index (Phi) is 6.05. The van der Waals surface area contributed by atoms with Gasteiger partial charge in [-0.2, -0.15) is 0 Å². The molecule has 134 valence electrons. The van der Waals surface area contributed by atoms with Crippen LogP contribution in [-0.4, -0.2) is 55.2 Å². The van der Waals surface area contributed by atoms with E-state index >= 15 is 0 Å². The van der Waals surface area contributed by atoms with Crippen molar-refractivity contribution in [2.45, 2.75) is 24.7 Å². The summed E-state index contributed by atoms with van der Waals surface area (Å²) in [6.45, 7) is 0.111. The van der Waals surface area contributed by atoms with Crippen molar-refractivity contribution in [1.82, 2.24) is 5.32 Å². The van der Waals surface area contributed by atoms with Gasteiger partial charge in [0, 0.05) is 22.1 Å². The van der Waals surface area contributed by atoms with Gasteiger partial charge in [0.2, 0.25) is 5.91 Å². The van der Waals surface area contributed by atoms with Crippen LogP contribution in [0.5, 0.6) is 0 Å². The molecular formula is C17H18INO6. The van der Waals surface area contributed by atoms with Crippen molar-refractivity contribution >= 4 is 34.5 Å². The monoisotopic (exact) mass is 459 g/mol. The van der Waals surface area contributed by atoms with Crippen molar-refractivity contribution < 1.29 is 28.9 Å². The summed E-state index contributed by atoms with van der Waals surface area (Å²) in [6.07, 6.45) is 0.455. The number of carbonyl (C=O) groups is 2. The van der Waals surface area contributed by atoms with Gasteiger partial charge in [0.25, 0.3) is 0 Å². The molecule has 1 fully saturated rings. The first kappa shape index (κ1) is 18.3. The van der Waals surface area contributed by atoms with E-state index in [-0.39, 0.29) is 32.3 Å². The molecule has 0 spiro atoms. The number of amides is 1. The minimum atomic E-state index is -0.612. The van der Waals surface area contributed by atoms with Crippen molar-refractivity contribution in [2.24, 2.45) is 0 Å². The van der Waals surface area contributed by atoms with Gasteiger partial charge in [-0.3, -0.25) is 4.79 Å². The van der Waals surface area contributed by atoms with Gasteiger partial charge in [-0.05, 0) is 52.9 Å². The number of aliphatic hydroxyl groups is 1. The fourth-order valence-corrected chi connectivity index (χ4v) is 3.16. The molecule has 1 aromatic carbocycles. The Balaban J connectivity index is 1.71. The maximum Gasteiger partial charge on any atom is 0.338 e. The lowest BCUT2D eigenvalue weighted by Crippen LogP contribution is -2.43. The largest absolute Gasteiger partial charge is 0.456 e. The summed E-state index contributed by atoms with van der Waals surface area (Å²) in [7, 11) is 0. The van der Waals surface area contributed by atoms with Crippen LogP contribution in [0.15, 0.2) is 35.9 Å². The SMILES string of the molecule is O=C(NCCO)C1=C[C@H]2OCO[C@H]2[C@H](OC(=O)c2ccc(I)cc2)C1. The van der Waals surface area contributed by atoms with E-state index in [2.05, 4.69) is 27.9 Å². The van der Waals surface area contributed by atoms with Crippen LogP contribution in [0.3, 0.4) is 0 Å². The molecule has 0 unspecified atom stereocenters. The Morgan fingerprint density at radius 3 is 2.76 bits per heavy atom. The number of hydrogen-bond acceptors (Lipinski definition) is 6. The summed E-state index contributed by atoms with van der Waals surface area (Å²) in [5.41, 5.74) is 0.900. The second kappa shape index (κ2) is 8.26. The van der Waals surface area contributed by atoms with E-state index in [4.69, 9.17) is 19.3 Å². The molecule has 2 aliphatic rings. The highest BCUT2D eigenvalue weighted by Crippen LogP contribution is 2.30. The zero-order chi connectivity index (χ0) is 17.8. The van der Waals surface area contributed by atoms with Crippen molar-refractivity contribution in [3.63, 3.8) is 0 Å². The Labute approximate surface area is 158 Å². The van der Waals surface area contributed by atoms with Crippen LogP contribution in [0.4, 0.5) is 0 Å². The molecular weight excluding hydrogens is 441 g/mol. The standard InChI is InChI=1S/C17H18INO6/c18-12-3-1-10(2-4-12)17(22)25-14-8-11(16(21)19-5-6-20)7-13-15(14)24-9-23-13/h1-4,7,13-15,20H,5-6,8-9H2,(H,19,21)/t13-,14-,15-/m1/s1. The third-order valence-corrected chi connectivity index (χ3v) is 4.74. The maximum atomic E-state index is 12.4. The normalized spacial score (nSPS) is 25.0. The lowest BCUT2D eigenvalue weighted by molar-refractivity contribution is -0.118. The van der Waals surface area contributed by atoms with Crippen molar-refractivity contribution in [3.8, 4) is 0 Å². The third-order valence-electron chi connectivity index (χ3n) is 4.03. The first-order chi connectivity index (χ1) is 12.1. The molecule has 1 aromatic rings. The van der Waals surface area contributed by atoms with Gasteiger partial charge in [-0.15, -0.1) is 0 Å². The topological polar surface area (TPSA) is 94.1 Å². The Morgan fingerprint density at radius 2 is 2.04 bits per heavy atom. The number of esters is 1. The van der Waals surface area contributed by atoms with Crippen LogP contribution in [0, 0.1) is 3.57 Å². The molecule has 1 aliphatic heterocycles. The van der Waals surface area contributed by atoms with Gasteiger partial charge in [-0.25, -0.2) is 4.79 Å². The van der Waals surface area contributed by atoms with Crippen molar-refractivity contribution in [1.29, 1.82) is 0 Å². The van der Waals surface area contributed by atoms with Crippen LogP contribution in [-0.2, 0) is 19.0 Å². The number of aliphatic hydroxyl groups excluding tert-OH is 1. The first-order valence-electron chi connectivity index (χ1n) is 7.88. The zero-order valence-electron chi connectivity index (χ0n) is 13.3. The molecule has 0 bridgehead atoms. The summed E-state index contributed by atoms with van der Waals surface area (Å²) in [5.74, 6) is -0.772. The lowest BCUT2D eigenvalue weighted by Gasteiger charge is -2.30. The summed E-state index contributed by atoms with van der Waals surface area (Å²) in [6, 6.07) is 7.04. The number of nitrogens with one attached hydrogen (secondary N) is 1. The van der Waals surface area contributed by atoms with Gasteiger partial charge in [0.05, 0.1) is 12.2 Å². The number of hydrogen-bond donors (Lipinski definition) is 2. The second-order valence-electron chi connectivity index (χ2n) is 5.71. The van der Waals surface area contributed by atoms with E-state index in [1.165, 1.54) is 0 Å². The molecule has 3 atom stereocenters. The highest BCUT2D eigenvalue weighted by Gasteiger charge is 2.42. The Hall–Kier alpha value is -1.49. The minimum absolute atomic E-state index is 0.0922. The fourth-order valence-electron chi connectivity index (χ4n) is 2.80. The maximum absolute atomic E-state index is 12.4. The highest BCUT2D eigenvalue weighted by atomic mass is 127. The number of ether oxygens (including phenoxy) is 3. The summed E-state index contributed by atoms with van der Waals surface area (Å²) < 4.78 is 17.6. The number of rotatable bonds is 5. The van der Waals surface area contributed by atoms with Gasteiger partial charge < -0.3 is 24.6 Å². The molecule has 1 amide bonds. The zero-order valence-corrected chi connectivity index (χ0v) is 15.5. The van der Waals surface area contributed by atoms with Crippen LogP contribution < -0.4 is 5.32 Å². The van der Waals surface area contributed by atoms with Gasteiger partial charge in [-0.1, -0.05) is 0 Å². The van der Waals surface area contributed by atoms with E-state index in [1.807, 2.05) is 12.1 Å². The molecule has 1 heterocycles. The third kappa shape index (κ3) is 4.38. The average molecular weight is 459 g/mol. The van der Waals surface area contributed by atoms with E-state index in [1.54, 1.807) is 18.2 Å². The predicted molar refractivity (Wildman–Crippen MR) is 95.8 cm³/mol. The molecule has 25 heavy (non-hydrogen) atoms. The van der Waals surface area contributed by atoms with E-state index in [0.29, 0.717) is 11.1 Å². The van der Waals surface area contributed by atoms with Crippen LogP contribution in [0.2, 0.25) is 0 Å². The van der Waals surface area contributed by atoms with E-state index < -0.39 is 24.3 Å². The summed E-state index contributed by atoms with van der Waals surface area (Å²) in [5, 5.41) is 11.4. The Morgan fingerprint density at radius 1 is 1.28 bits per heavy atom. The molecule has 2 N–H and O–H groups in total. The van der Waals surface area contributed by atoms with Gasteiger partial charge in [0.15, 0.2) is 0 Å². The molecule has 0 aromatic heterocycles. The molecule has 7 nitrogen and oxygen atoms in total. The van der Waals surface area contributed by atoms with Crippen molar-refractivity contribution in [2.75, 3.05) is 19.9 Å². The van der Waals surface area contributed by atoms with Gasteiger partial charge >= 0.3 is 5.97 Å². The lowest BCUT2D eigenvalue weighted by atomic mass is 9.91. The van der Waals surface area contributed by atoms with E-state index in [0.717, 1.165) is 3.57 Å². The van der Waals surface area contributed by atoms with Crippen LogP contribution in [0.1, 0.15) is 16.8 Å². The van der Waals surface area contributed by atoms with Crippen molar-refractivity contribution in [3.05, 3.63) is 45.0 Å². The smallest absolute Gasteiger partial charge is 0.338 e. The molecule has 0 saturated carbocycles.